The van der Waals surface area contributed by atoms with Gasteiger partial charge < -0.3 is 20.7 Å². The Bertz CT molecular complexity index is 683. The number of hydrogen-bond acceptors (Lipinski definition) is 4. The number of rotatable bonds is 7. The lowest BCUT2D eigenvalue weighted by Gasteiger charge is -2.36. The first-order valence-electron chi connectivity index (χ1n) is 9.02. The lowest BCUT2D eigenvalue weighted by molar-refractivity contribution is 0.225. The third kappa shape index (κ3) is 5.39. The molecule has 2 aromatic carbocycles. The van der Waals surface area contributed by atoms with Crippen LogP contribution in [0.25, 0.3) is 0 Å². The summed E-state index contributed by atoms with van der Waals surface area (Å²) in [7, 11) is 0. The van der Waals surface area contributed by atoms with Gasteiger partial charge in [0.15, 0.2) is 0 Å². The zero-order valence-corrected chi connectivity index (χ0v) is 14.9. The molecule has 3 N–H and O–H groups in total. The summed E-state index contributed by atoms with van der Waals surface area (Å²) in [5.41, 5.74) is 7.06. The number of nitrogens with one attached hydrogen (secondary N) is 1. The molecule has 26 heavy (non-hydrogen) atoms. The van der Waals surface area contributed by atoms with Crippen molar-refractivity contribution in [3.63, 3.8) is 0 Å². The molecule has 0 spiro atoms. The van der Waals surface area contributed by atoms with E-state index in [9.17, 15) is 4.79 Å². The molecule has 1 saturated heterocycles. The SMILES string of the molecule is NC(=O)Nc1ccc(OCCCN2CCN(c3ccccc3)CC2)cc1. The lowest BCUT2D eigenvalue weighted by Crippen LogP contribution is -2.46. The molecule has 6 heteroatoms. The Morgan fingerprint density at radius 3 is 2.35 bits per heavy atom. The van der Waals surface area contributed by atoms with E-state index >= 15 is 0 Å². The van der Waals surface area contributed by atoms with Gasteiger partial charge in [0.05, 0.1) is 6.61 Å². The molecule has 1 fully saturated rings. The van der Waals surface area contributed by atoms with Crippen molar-refractivity contribution in [1.29, 1.82) is 0 Å². The number of carbonyl (C=O) groups is 1. The fourth-order valence-electron chi connectivity index (χ4n) is 3.12. The van der Waals surface area contributed by atoms with Gasteiger partial charge in [-0.3, -0.25) is 4.90 Å². The van der Waals surface area contributed by atoms with Gasteiger partial charge in [-0.1, -0.05) is 18.2 Å². The zero-order chi connectivity index (χ0) is 18.2. The van der Waals surface area contributed by atoms with Crippen molar-refractivity contribution in [3.8, 4) is 5.75 Å². The fourth-order valence-corrected chi connectivity index (χ4v) is 3.12. The van der Waals surface area contributed by atoms with Crippen LogP contribution in [0, 0.1) is 0 Å². The Hall–Kier alpha value is -2.73. The lowest BCUT2D eigenvalue weighted by atomic mass is 10.2. The van der Waals surface area contributed by atoms with E-state index in [-0.39, 0.29) is 0 Å². The number of anilines is 2. The summed E-state index contributed by atoms with van der Waals surface area (Å²) in [5, 5.41) is 2.53. The summed E-state index contributed by atoms with van der Waals surface area (Å²) in [4.78, 5) is 15.7. The second kappa shape index (κ2) is 9.10. The van der Waals surface area contributed by atoms with E-state index in [1.54, 1.807) is 12.1 Å². The van der Waals surface area contributed by atoms with Gasteiger partial charge in [-0.15, -0.1) is 0 Å². The zero-order valence-electron chi connectivity index (χ0n) is 14.9. The first-order chi connectivity index (χ1) is 12.7. The molecule has 0 bridgehead atoms. The average Bonchev–Trinajstić information content (AvgIpc) is 2.67. The minimum Gasteiger partial charge on any atom is -0.494 e. The van der Waals surface area contributed by atoms with Crippen LogP contribution in [-0.2, 0) is 0 Å². The highest BCUT2D eigenvalue weighted by Crippen LogP contribution is 2.17. The minimum absolute atomic E-state index is 0.564. The van der Waals surface area contributed by atoms with Crippen molar-refractivity contribution in [1.82, 2.24) is 4.90 Å². The van der Waals surface area contributed by atoms with Crippen molar-refractivity contribution in [3.05, 3.63) is 54.6 Å². The highest BCUT2D eigenvalue weighted by atomic mass is 16.5. The number of carbonyl (C=O) groups excluding carboxylic acids is 1. The van der Waals surface area contributed by atoms with Crippen LogP contribution in [0.5, 0.6) is 5.75 Å². The van der Waals surface area contributed by atoms with Gasteiger partial charge in [0.2, 0.25) is 0 Å². The summed E-state index contributed by atoms with van der Waals surface area (Å²) in [6.07, 6.45) is 0.993. The molecule has 1 aliphatic heterocycles. The van der Waals surface area contributed by atoms with E-state index in [0.717, 1.165) is 44.9 Å². The van der Waals surface area contributed by atoms with Gasteiger partial charge in [-0.05, 0) is 42.8 Å². The third-order valence-corrected chi connectivity index (χ3v) is 4.50. The Kier molecular flexibility index (Phi) is 6.33. The Labute approximate surface area is 154 Å². The van der Waals surface area contributed by atoms with E-state index in [4.69, 9.17) is 10.5 Å². The van der Waals surface area contributed by atoms with Crippen LogP contribution in [0.1, 0.15) is 6.42 Å². The van der Waals surface area contributed by atoms with E-state index in [0.29, 0.717) is 12.3 Å². The Morgan fingerprint density at radius 1 is 1.00 bits per heavy atom. The van der Waals surface area contributed by atoms with Crippen LogP contribution in [-0.4, -0.2) is 50.3 Å². The normalized spacial score (nSPS) is 14.8. The summed E-state index contributed by atoms with van der Waals surface area (Å²) >= 11 is 0. The van der Waals surface area contributed by atoms with Gasteiger partial charge in [-0.25, -0.2) is 4.79 Å². The number of urea groups is 1. The number of para-hydroxylation sites is 1. The number of piperazine rings is 1. The molecular weight excluding hydrogens is 328 g/mol. The predicted molar refractivity (Wildman–Crippen MR) is 105 cm³/mol. The molecular formula is C20H26N4O2. The van der Waals surface area contributed by atoms with E-state index in [1.165, 1.54) is 5.69 Å². The van der Waals surface area contributed by atoms with E-state index in [1.807, 2.05) is 12.1 Å². The van der Waals surface area contributed by atoms with Crippen LogP contribution >= 0.6 is 0 Å². The summed E-state index contributed by atoms with van der Waals surface area (Å²) in [6, 6.07) is 17.3. The molecule has 1 heterocycles. The molecule has 2 amide bonds. The Balaban J connectivity index is 1.33. The number of primary amides is 1. The fraction of sp³-hybridized carbons (Fsp3) is 0.350. The van der Waals surface area contributed by atoms with Crippen LogP contribution in [0.3, 0.4) is 0 Å². The molecule has 138 valence electrons. The standard InChI is InChI=1S/C20H26N4O2/c21-20(25)22-17-7-9-19(10-8-17)26-16-4-11-23-12-14-24(15-13-23)18-5-2-1-3-6-18/h1-3,5-10H,4,11-16H2,(H3,21,22,25). The van der Waals surface area contributed by atoms with Gasteiger partial charge in [0.1, 0.15) is 5.75 Å². The largest absolute Gasteiger partial charge is 0.494 e. The maximum absolute atomic E-state index is 10.8. The van der Waals surface area contributed by atoms with Crippen LogP contribution in [0.4, 0.5) is 16.2 Å². The van der Waals surface area contributed by atoms with E-state index in [2.05, 4.69) is 45.4 Å². The van der Waals surface area contributed by atoms with Gasteiger partial charge in [0.25, 0.3) is 0 Å². The first-order valence-corrected chi connectivity index (χ1v) is 9.02. The predicted octanol–water partition coefficient (Wildman–Crippen LogP) is 2.77. The van der Waals surface area contributed by atoms with E-state index < -0.39 is 6.03 Å². The van der Waals surface area contributed by atoms with Crippen molar-refractivity contribution < 1.29 is 9.53 Å². The summed E-state index contributed by atoms with van der Waals surface area (Å²) < 4.78 is 5.77. The number of ether oxygens (including phenoxy) is 1. The maximum atomic E-state index is 10.8. The van der Waals surface area contributed by atoms with Gasteiger partial charge in [-0.2, -0.15) is 0 Å². The molecule has 0 saturated carbocycles. The van der Waals surface area contributed by atoms with Crippen LogP contribution in [0.15, 0.2) is 54.6 Å². The molecule has 3 rings (SSSR count). The summed E-state index contributed by atoms with van der Waals surface area (Å²) in [5.74, 6) is 0.800. The molecule has 0 atom stereocenters. The molecule has 6 nitrogen and oxygen atoms in total. The highest BCUT2D eigenvalue weighted by Gasteiger charge is 2.16. The topological polar surface area (TPSA) is 70.8 Å². The number of nitrogens with two attached hydrogens (primary N) is 1. The van der Waals surface area contributed by atoms with Gasteiger partial charge >= 0.3 is 6.03 Å². The van der Waals surface area contributed by atoms with Crippen LogP contribution < -0.4 is 20.7 Å². The van der Waals surface area contributed by atoms with Crippen LogP contribution in [0.2, 0.25) is 0 Å². The third-order valence-electron chi connectivity index (χ3n) is 4.50. The average molecular weight is 354 g/mol. The van der Waals surface area contributed by atoms with Crippen molar-refractivity contribution in [2.45, 2.75) is 6.42 Å². The Morgan fingerprint density at radius 2 is 1.69 bits per heavy atom. The quantitative estimate of drug-likeness (QED) is 0.750. The van der Waals surface area contributed by atoms with Gasteiger partial charge in [0, 0.05) is 44.1 Å². The second-order valence-corrected chi connectivity index (χ2v) is 6.38. The molecule has 0 unspecified atom stereocenters. The molecule has 0 aliphatic carbocycles. The number of hydrogen-bond donors (Lipinski definition) is 2. The maximum Gasteiger partial charge on any atom is 0.316 e. The summed E-state index contributed by atoms with van der Waals surface area (Å²) in [6.45, 7) is 6.04. The van der Waals surface area contributed by atoms with Crippen molar-refractivity contribution in [2.24, 2.45) is 5.73 Å². The molecule has 2 aromatic rings. The highest BCUT2D eigenvalue weighted by molar-refractivity contribution is 5.87. The van der Waals surface area contributed by atoms with Crippen molar-refractivity contribution >= 4 is 17.4 Å². The van der Waals surface area contributed by atoms with Crippen molar-refractivity contribution in [2.75, 3.05) is 49.5 Å². The monoisotopic (exact) mass is 354 g/mol. The number of nitrogens with zero attached hydrogens (tertiary/aromatic N) is 2. The molecule has 0 radical (unpaired) electrons. The minimum atomic E-state index is -0.564. The number of amides is 2. The number of benzene rings is 2. The first kappa shape index (κ1) is 18.1. The smallest absolute Gasteiger partial charge is 0.316 e. The molecule has 0 aromatic heterocycles. The molecule has 1 aliphatic rings. The second-order valence-electron chi connectivity index (χ2n) is 6.38.